The van der Waals surface area contributed by atoms with Gasteiger partial charge in [0.15, 0.2) is 0 Å². The second-order valence-corrected chi connectivity index (χ2v) is 6.33. The highest BCUT2D eigenvalue weighted by atomic mass is 79.9. The Morgan fingerprint density at radius 1 is 1.43 bits per heavy atom. The fraction of sp³-hybridized carbons (Fsp3) is 0.333. The molecule has 110 valence electrons. The molecular formula is C15H17BrN4O. The van der Waals surface area contributed by atoms with Crippen molar-refractivity contribution in [2.24, 2.45) is 5.73 Å². The minimum atomic E-state index is -0.937. The van der Waals surface area contributed by atoms with Crippen molar-refractivity contribution in [2.45, 2.75) is 31.0 Å². The molecule has 1 heterocycles. The van der Waals surface area contributed by atoms with E-state index in [0.717, 1.165) is 22.9 Å². The van der Waals surface area contributed by atoms with E-state index in [1.165, 1.54) is 0 Å². The summed E-state index contributed by atoms with van der Waals surface area (Å²) in [5.74, 6) is -0.382. The number of nitrogens with one attached hydrogen (secondary N) is 1. The Morgan fingerprint density at radius 3 is 2.67 bits per heavy atom. The summed E-state index contributed by atoms with van der Waals surface area (Å²) in [7, 11) is 0. The van der Waals surface area contributed by atoms with Crippen molar-refractivity contribution in [3.05, 3.63) is 52.8 Å². The van der Waals surface area contributed by atoms with Gasteiger partial charge in [-0.25, -0.2) is 0 Å². The summed E-state index contributed by atoms with van der Waals surface area (Å²) in [6.45, 7) is 0.369. The summed E-state index contributed by atoms with van der Waals surface area (Å²) in [5.41, 5.74) is 5.71. The highest BCUT2D eigenvalue weighted by molar-refractivity contribution is 9.10. The van der Waals surface area contributed by atoms with Gasteiger partial charge in [-0.05, 0) is 34.3 Å². The third-order valence-corrected chi connectivity index (χ3v) is 4.13. The Morgan fingerprint density at radius 2 is 2.14 bits per heavy atom. The number of hydrogen-bond acceptors (Lipinski definition) is 3. The first-order chi connectivity index (χ1) is 10.1. The van der Waals surface area contributed by atoms with Crippen LogP contribution in [0.1, 0.15) is 18.4 Å². The monoisotopic (exact) mass is 348 g/mol. The standard InChI is InChI=1S/C15H17BrN4O/c16-12-8-18-20(9-12)10-15(14(17)21,19-13-6-7-13)11-4-2-1-3-5-11/h1-5,8-9,13,19H,6-7,10H2,(H2,17,21). The van der Waals surface area contributed by atoms with Crippen molar-refractivity contribution in [1.82, 2.24) is 15.1 Å². The number of aromatic nitrogens is 2. The van der Waals surface area contributed by atoms with Crippen LogP contribution >= 0.6 is 15.9 Å². The van der Waals surface area contributed by atoms with Crippen LogP contribution in [0.15, 0.2) is 47.2 Å². The van der Waals surface area contributed by atoms with Gasteiger partial charge in [-0.3, -0.25) is 14.8 Å². The van der Waals surface area contributed by atoms with E-state index < -0.39 is 5.54 Å². The number of rotatable bonds is 6. The first kappa shape index (κ1) is 14.3. The first-order valence-corrected chi connectivity index (χ1v) is 7.70. The molecular weight excluding hydrogens is 332 g/mol. The zero-order valence-corrected chi connectivity index (χ0v) is 13.1. The van der Waals surface area contributed by atoms with E-state index in [1.807, 2.05) is 36.5 Å². The molecule has 1 saturated carbocycles. The van der Waals surface area contributed by atoms with Crippen molar-refractivity contribution in [1.29, 1.82) is 0 Å². The van der Waals surface area contributed by atoms with Gasteiger partial charge in [0.05, 0.1) is 17.2 Å². The number of hydrogen-bond donors (Lipinski definition) is 2. The van der Waals surface area contributed by atoms with Crippen molar-refractivity contribution < 1.29 is 4.79 Å². The van der Waals surface area contributed by atoms with Gasteiger partial charge < -0.3 is 5.73 Å². The Kier molecular flexibility index (Phi) is 3.82. The van der Waals surface area contributed by atoms with Crippen LogP contribution in [0.4, 0.5) is 0 Å². The lowest BCUT2D eigenvalue weighted by atomic mass is 9.88. The number of nitrogens with zero attached hydrogens (tertiary/aromatic N) is 2. The number of amides is 1. The Balaban J connectivity index is 2.00. The molecule has 2 aromatic rings. The molecule has 3 N–H and O–H groups in total. The van der Waals surface area contributed by atoms with E-state index >= 15 is 0 Å². The number of primary amides is 1. The van der Waals surface area contributed by atoms with Crippen LogP contribution in [0.2, 0.25) is 0 Å². The maximum atomic E-state index is 12.3. The average molecular weight is 349 g/mol. The second kappa shape index (κ2) is 5.61. The summed E-state index contributed by atoms with van der Waals surface area (Å²) in [4.78, 5) is 12.3. The fourth-order valence-electron chi connectivity index (χ4n) is 2.48. The molecule has 0 saturated heterocycles. The predicted octanol–water partition coefficient (Wildman–Crippen LogP) is 1.78. The third kappa shape index (κ3) is 3.01. The molecule has 0 radical (unpaired) electrons. The molecule has 1 aliphatic carbocycles. The van der Waals surface area contributed by atoms with Crippen LogP contribution in [0.5, 0.6) is 0 Å². The van der Waals surface area contributed by atoms with E-state index in [-0.39, 0.29) is 5.91 Å². The summed E-state index contributed by atoms with van der Waals surface area (Å²) in [6.07, 6.45) is 5.69. The van der Waals surface area contributed by atoms with Gasteiger partial charge in [-0.15, -0.1) is 0 Å². The largest absolute Gasteiger partial charge is 0.368 e. The number of nitrogens with two attached hydrogens (primary N) is 1. The average Bonchev–Trinajstić information content (AvgIpc) is 3.20. The van der Waals surface area contributed by atoms with Crippen LogP contribution in [0.25, 0.3) is 0 Å². The smallest absolute Gasteiger partial charge is 0.244 e. The number of benzene rings is 1. The van der Waals surface area contributed by atoms with Crippen LogP contribution in [-0.2, 0) is 16.9 Å². The lowest BCUT2D eigenvalue weighted by molar-refractivity contribution is -0.125. The van der Waals surface area contributed by atoms with Crippen LogP contribution in [0.3, 0.4) is 0 Å². The first-order valence-electron chi connectivity index (χ1n) is 6.91. The van der Waals surface area contributed by atoms with Crippen LogP contribution < -0.4 is 11.1 Å². The quantitative estimate of drug-likeness (QED) is 0.835. The maximum Gasteiger partial charge on any atom is 0.244 e. The fourth-order valence-corrected chi connectivity index (χ4v) is 2.81. The van der Waals surface area contributed by atoms with Crippen LogP contribution in [0, 0.1) is 0 Å². The van der Waals surface area contributed by atoms with Crippen molar-refractivity contribution in [2.75, 3.05) is 0 Å². The lowest BCUT2D eigenvalue weighted by Gasteiger charge is -2.32. The van der Waals surface area contributed by atoms with E-state index in [4.69, 9.17) is 5.73 Å². The van der Waals surface area contributed by atoms with Gasteiger partial charge in [-0.2, -0.15) is 5.10 Å². The van der Waals surface area contributed by atoms with Crippen molar-refractivity contribution in [3.63, 3.8) is 0 Å². The zero-order chi connectivity index (χ0) is 14.9. The lowest BCUT2D eigenvalue weighted by Crippen LogP contribution is -2.56. The third-order valence-electron chi connectivity index (χ3n) is 3.72. The van der Waals surface area contributed by atoms with Crippen LogP contribution in [-0.4, -0.2) is 21.7 Å². The van der Waals surface area contributed by atoms with Gasteiger partial charge in [-0.1, -0.05) is 30.3 Å². The molecule has 1 fully saturated rings. The summed E-state index contributed by atoms with van der Waals surface area (Å²) in [5, 5.41) is 7.69. The number of carbonyl (C=O) groups is 1. The molecule has 1 atom stereocenters. The van der Waals surface area contributed by atoms with Gasteiger partial charge in [0.1, 0.15) is 5.54 Å². The molecule has 3 rings (SSSR count). The molecule has 0 aliphatic heterocycles. The van der Waals surface area contributed by atoms with Crippen molar-refractivity contribution in [3.8, 4) is 0 Å². The second-order valence-electron chi connectivity index (χ2n) is 5.41. The summed E-state index contributed by atoms with van der Waals surface area (Å²) in [6, 6.07) is 9.96. The molecule has 0 spiro atoms. The van der Waals surface area contributed by atoms with Crippen molar-refractivity contribution >= 4 is 21.8 Å². The highest BCUT2D eigenvalue weighted by Gasteiger charge is 2.43. The van der Waals surface area contributed by atoms with E-state index in [2.05, 4.69) is 26.3 Å². The molecule has 5 nitrogen and oxygen atoms in total. The summed E-state index contributed by atoms with van der Waals surface area (Å²) >= 11 is 3.38. The molecule has 1 aromatic heterocycles. The molecule has 6 heteroatoms. The maximum absolute atomic E-state index is 12.3. The summed E-state index contributed by atoms with van der Waals surface area (Å²) < 4.78 is 2.61. The Hall–Kier alpha value is -1.66. The topological polar surface area (TPSA) is 72.9 Å². The molecule has 1 unspecified atom stereocenters. The van der Waals surface area contributed by atoms with Gasteiger partial charge in [0, 0.05) is 12.2 Å². The van der Waals surface area contributed by atoms with Gasteiger partial charge >= 0.3 is 0 Å². The minimum Gasteiger partial charge on any atom is -0.368 e. The predicted molar refractivity (Wildman–Crippen MR) is 83.4 cm³/mol. The SMILES string of the molecule is NC(=O)C(Cn1cc(Br)cn1)(NC1CC1)c1ccccc1. The van der Waals surface area contributed by atoms with Gasteiger partial charge in [0.2, 0.25) is 5.91 Å². The Labute approximate surface area is 131 Å². The Bertz CT molecular complexity index is 638. The van der Waals surface area contributed by atoms with E-state index in [0.29, 0.717) is 12.6 Å². The van der Waals surface area contributed by atoms with E-state index in [9.17, 15) is 4.79 Å². The normalized spacial score (nSPS) is 17.4. The minimum absolute atomic E-state index is 0.344. The molecule has 0 bridgehead atoms. The van der Waals surface area contributed by atoms with E-state index in [1.54, 1.807) is 10.9 Å². The van der Waals surface area contributed by atoms with Gasteiger partial charge in [0.25, 0.3) is 0 Å². The molecule has 1 aliphatic rings. The molecule has 21 heavy (non-hydrogen) atoms. The number of halogens is 1. The molecule has 1 amide bonds. The number of carbonyl (C=O) groups excluding carboxylic acids is 1. The molecule has 1 aromatic carbocycles. The highest BCUT2D eigenvalue weighted by Crippen LogP contribution is 2.30. The zero-order valence-electron chi connectivity index (χ0n) is 11.5.